The van der Waals surface area contributed by atoms with Crippen LogP contribution in [0, 0.1) is 0 Å². The van der Waals surface area contributed by atoms with Gasteiger partial charge in [0.05, 0.1) is 6.10 Å². The van der Waals surface area contributed by atoms with E-state index in [1.807, 2.05) is 0 Å². The number of halogens is 2. The molecule has 0 aliphatic heterocycles. The molecule has 16 heavy (non-hydrogen) atoms. The first-order valence-electron chi connectivity index (χ1n) is 5.78. The number of benzene rings is 1. The molecule has 0 heterocycles. The Labute approximate surface area is 107 Å². The Bertz CT molecular complexity index is 326. The highest BCUT2D eigenvalue weighted by molar-refractivity contribution is 6.35. The third-order valence-corrected chi connectivity index (χ3v) is 3.22. The molecule has 1 unspecified atom stereocenters. The zero-order valence-electron chi connectivity index (χ0n) is 9.55. The maximum absolute atomic E-state index is 9.96. The van der Waals surface area contributed by atoms with Crippen molar-refractivity contribution in [3.05, 3.63) is 33.8 Å². The lowest BCUT2D eigenvalue weighted by molar-refractivity contribution is 0.163. The van der Waals surface area contributed by atoms with Gasteiger partial charge in [0.25, 0.3) is 0 Å². The van der Waals surface area contributed by atoms with Crippen LogP contribution in [0.5, 0.6) is 0 Å². The van der Waals surface area contributed by atoms with E-state index in [9.17, 15) is 5.11 Å². The van der Waals surface area contributed by atoms with Crippen LogP contribution in [0.4, 0.5) is 0 Å². The van der Waals surface area contributed by atoms with E-state index in [0.717, 1.165) is 18.4 Å². The number of rotatable bonds is 6. The van der Waals surface area contributed by atoms with Gasteiger partial charge in [-0.2, -0.15) is 0 Å². The monoisotopic (exact) mass is 260 g/mol. The summed E-state index contributed by atoms with van der Waals surface area (Å²) in [6.45, 7) is 2.17. The lowest BCUT2D eigenvalue weighted by Crippen LogP contribution is -1.98. The number of hydrogen-bond acceptors (Lipinski definition) is 1. The molecular weight excluding hydrogens is 243 g/mol. The SMILES string of the molecule is CCCCCCC(O)c1ccc(Cl)cc1Cl. The molecule has 3 heteroatoms. The topological polar surface area (TPSA) is 20.2 Å². The Balaban J connectivity index is 2.49. The lowest BCUT2D eigenvalue weighted by atomic mass is 10.0. The molecule has 1 aromatic carbocycles. The summed E-state index contributed by atoms with van der Waals surface area (Å²) in [5.74, 6) is 0. The fraction of sp³-hybridized carbons (Fsp3) is 0.538. The van der Waals surface area contributed by atoms with Gasteiger partial charge in [-0.3, -0.25) is 0 Å². The Kier molecular flexibility index (Phi) is 6.18. The van der Waals surface area contributed by atoms with Crippen molar-refractivity contribution in [2.75, 3.05) is 0 Å². The summed E-state index contributed by atoms with van der Waals surface area (Å²) < 4.78 is 0. The number of hydrogen-bond donors (Lipinski definition) is 1. The fourth-order valence-electron chi connectivity index (χ4n) is 1.69. The quantitative estimate of drug-likeness (QED) is 0.714. The minimum Gasteiger partial charge on any atom is -0.388 e. The molecule has 0 saturated carbocycles. The van der Waals surface area contributed by atoms with Crippen LogP contribution >= 0.6 is 23.2 Å². The Morgan fingerprint density at radius 1 is 1.19 bits per heavy atom. The number of unbranched alkanes of at least 4 members (excludes halogenated alkanes) is 3. The van der Waals surface area contributed by atoms with Gasteiger partial charge in [-0.25, -0.2) is 0 Å². The van der Waals surface area contributed by atoms with E-state index in [-0.39, 0.29) is 0 Å². The molecule has 0 aliphatic rings. The maximum atomic E-state index is 9.96. The standard InChI is InChI=1S/C13H18Cl2O/c1-2-3-4-5-6-13(16)11-8-7-10(14)9-12(11)15/h7-9,13,16H,2-6H2,1H3. The molecule has 1 rings (SSSR count). The molecule has 1 aromatic rings. The van der Waals surface area contributed by atoms with Gasteiger partial charge >= 0.3 is 0 Å². The molecule has 0 fully saturated rings. The van der Waals surface area contributed by atoms with E-state index in [2.05, 4.69) is 6.92 Å². The summed E-state index contributed by atoms with van der Waals surface area (Å²) in [5.41, 5.74) is 0.780. The Morgan fingerprint density at radius 2 is 1.94 bits per heavy atom. The van der Waals surface area contributed by atoms with E-state index in [0.29, 0.717) is 10.0 Å². The van der Waals surface area contributed by atoms with Gasteiger partial charge in [0.1, 0.15) is 0 Å². The minimum absolute atomic E-state index is 0.471. The predicted octanol–water partition coefficient (Wildman–Crippen LogP) is 5.00. The van der Waals surface area contributed by atoms with Crippen LogP contribution in [-0.4, -0.2) is 5.11 Å². The smallest absolute Gasteiger partial charge is 0.0804 e. The van der Waals surface area contributed by atoms with Crippen LogP contribution in [0.25, 0.3) is 0 Å². The second-order valence-corrected chi connectivity index (χ2v) is 4.87. The van der Waals surface area contributed by atoms with Gasteiger partial charge in [-0.05, 0) is 24.1 Å². The highest BCUT2D eigenvalue weighted by Crippen LogP contribution is 2.29. The van der Waals surface area contributed by atoms with Gasteiger partial charge in [0.2, 0.25) is 0 Å². The second-order valence-electron chi connectivity index (χ2n) is 4.03. The summed E-state index contributed by atoms with van der Waals surface area (Å²) in [7, 11) is 0. The van der Waals surface area contributed by atoms with Crippen molar-refractivity contribution in [3.8, 4) is 0 Å². The normalized spacial score (nSPS) is 12.8. The van der Waals surface area contributed by atoms with E-state index in [1.54, 1.807) is 18.2 Å². The van der Waals surface area contributed by atoms with Crippen molar-refractivity contribution in [2.24, 2.45) is 0 Å². The lowest BCUT2D eigenvalue weighted by Gasteiger charge is -2.12. The zero-order valence-corrected chi connectivity index (χ0v) is 11.1. The van der Waals surface area contributed by atoms with Crippen LogP contribution in [-0.2, 0) is 0 Å². The van der Waals surface area contributed by atoms with Crippen molar-refractivity contribution in [1.82, 2.24) is 0 Å². The highest BCUT2D eigenvalue weighted by atomic mass is 35.5. The summed E-state index contributed by atoms with van der Waals surface area (Å²) >= 11 is 11.8. The summed E-state index contributed by atoms with van der Waals surface area (Å²) in [6, 6.07) is 5.24. The zero-order chi connectivity index (χ0) is 12.0. The van der Waals surface area contributed by atoms with E-state index in [1.165, 1.54) is 19.3 Å². The first kappa shape index (κ1) is 13.8. The molecule has 0 spiro atoms. The van der Waals surface area contributed by atoms with Gasteiger partial charge in [0, 0.05) is 10.0 Å². The predicted molar refractivity (Wildman–Crippen MR) is 70.2 cm³/mol. The van der Waals surface area contributed by atoms with Crippen molar-refractivity contribution in [1.29, 1.82) is 0 Å². The summed E-state index contributed by atoms with van der Waals surface area (Å²) in [4.78, 5) is 0. The third kappa shape index (κ3) is 4.32. The van der Waals surface area contributed by atoms with Crippen LogP contribution in [0.1, 0.15) is 50.7 Å². The fourth-order valence-corrected chi connectivity index (χ4v) is 2.23. The first-order chi connectivity index (χ1) is 7.65. The number of aliphatic hydroxyl groups excluding tert-OH is 1. The average molecular weight is 261 g/mol. The summed E-state index contributed by atoms with van der Waals surface area (Å²) in [6.07, 6.45) is 4.93. The molecule has 0 radical (unpaired) electrons. The minimum atomic E-state index is -0.471. The van der Waals surface area contributed by atoms with Gasteiger partial charge < -0.3 is 5.11 Å². The second kappa shape index (κ2) is 7.16. The molecular formula is C13H18Cl2O. The van der Waals surface area contributed by atoms with Crippen molar-refractivity contribution in [2.45, 2.75) is 45.1 Å². The van der Waals surface area contributed by atoms with Crippen molar-refractivity contribution < 1.29 is 5.11 Å². The average Bonchev–Trinajstić information content (AvgIpc) is 2.24. The van der Waals surface area contributed by atoms with Gasteiger partial charge in [-0.1, -0.05) is 61.9 Å². The van der Waals surface area contributed by atoms with Crippen LogP contribution in [0.3, 0.4) is 0 Å². The third-order valence-electron chi connectivity index (χ3n) is 2.65. The molecule has 0 aliphatic carbocycles. The van der Waals surface area contributed by atoms with Crippen molar-refractivity contribution >= 4 is 23.2 Å². The molecule has 1 nitrogen and oxygen atoms in total. The van der Waals surface area contributed by atoms with Crippen LogP contribution < -0.4 is 0 Å². The highest BCUT2D eigenvalue weighted by Gasteiger charge is 2.11. The van der Waals surface area contributed by atoms with Crippen LogP contribution in [0.2, 0.25) is 10.0 Å². The molecule has 0 aromatic heterocycles. The van der Waals surface area contributed by atoms with Crippen LogP contribution in [0.15, 0.2) is 18.2 Å². The van der Waals surface area contributed by atoms with Crippen molar-refractivity contribution in [3.63, 3.8) is 0 Å². The van der Waals surface area contributed by atoms with Gasteiger partial charge in [-0.15, -0.1) is 0 Å². The van der Waals surface area contributed by atoms with Gasteiger partial charge in [0.15, 0.2) is 0 Å². The molecule has 1 atom stereocenters. The molecule has 0 amide bonds. The molecule has 90 valence electrons. The molecule has 0 saturated heterocycles. The number of aliphatic hydroxyl groups is 1. The van der Waals surface area contributed by atoms with E-state index >= 15 is 0 Å². The summed E-state index contributed by atoms with van der Waals surface area (Å²) in [5, 5.41) is 11.1. The molecule has 0 bridgehead atoms. The van der Waals surface area contributed by atoms with E-state index < -0.39 is 6.10 Å². The first-order valence-corrected chi connectivity index (χ1v) is 6.53. The Morgan fingerprint density at radius 3 is 2.56 bits per heavy atom. The molecule has 1 N–H and O–H groups in total. The van der Waals surface area contributed by atoms with E-state index in [4.69, 9.17) is 23.2 Å². The Hall–Kier alpha value is -0.240. The largest absolute Gasteiger partial charge is 0.388 e. The maximum Gasteiger partial charge on any atom is 0.0804 e.